The summed E-state index contributed by atoms with van der Waals surface area (Å²) in [7, 11) is 0. The first-order chi connectivity index (χ1) is 8.27. The molecule has 0 amide bonds. The largest absolute Gasteiger partial charge is 0.481 e. The average molecular weight is 241 g/mol. The summed E-state index contributed by atoms with van der Waals surface area (Å²) in [4.78, 5) is 10.3. The Morgan fingerprint density at radius 3 is 1.65 bits per heavy atom. The molecule has 0 aliphatic heterocycles. The van der Waals surface area contributed by atoms with Crippen LogP contribution in [0.15, 0.2) is 0 Å². The summed E-state index contributed by atoms with van der Waals surface area (Å²) in [5.41, 5.74) is 0. The number of unbranched alkanes of at least 4 members (excludes halogenated alkanes) is 11. The Balaban J connectivity index is 2.91. The van der Waals surface area contributed by atoms with Gasteiger partial charge in [0.15, 0.2) is 0 Å². The number of carboxylic acid groups (broad SMARTS) is 1. The highest BCUT2D eigenvalue weighted by Crippen LogP contribution is 2.12. The van der Waals surface area contributed by atoms with Crippen LogP contribution in [-0.4, -0.2) is 11.1 Å². The maximum atomic E-state index is 10.3. The predicted octanol–water partition coefficient (Wildman–Crippen LogP) is 4.98. The van der Waals surface area contributed by atoms with Gasteiger partial charge in [0.2, 0.25) is 0 Å². The van der Waals surface area contributed by atoms with E-state index in [1.807, 2.05) is 0 Å². The Morgan fingerprint density at radius 1 is 0.824 bits per heavy atom. The normalized spacial score (nSPS) is 10.6. The van der Waals surface area contributed by atoms with Crippen LogP contribution in [0.25, 0.3) is 0 Å². The molecule has 0 bridgehead atoms. The van der Waals surface area contributed by atoms with Crippen molar-refractivity contribution in [3.05, 3.63) is 6.42 Å². The average Bonchev–Trinajstić information content (AvgIpc) is 2.30. The minimum Gasteiger partial charge on any atom is -0.481 e. The highest BCUT2D eigenvalue weighted by molar-refractivity contribution is 5.66. The minimum atomic E-state index is -0.658. The Labute approximate surface area is 107 Å². The van der Waals surface area contributed by atoms with Crippen molar-refractivity contribution in [3.8, 4) is 0 Å². The molecule has 0 aliphatic carbocycles. The zero-order valence-corrected chi connectivity index (χ0v) is 11.4. The SMILES string of the molecule is C[CH]CCCCCCCCCCCCC(=O)O. The highest BCUT2D eigenvalue weighted by Gasteiger charge is 1.96. The molecule has 0 heterocycles. The smallest absolute Gasteiger partial charge is 0.303 e. The molecule has 2 nitrogen and oxygen atoms in total. The quantitative estimate of drug-likeness (QED) is 0.462. The lowest BCUT2D eigenvalue weighted by Crippen LogP contribution is -1.93. The predicted molar refractivity (Wildman–Crippen MR) is 73.0 cm³/mol. The van der Waals surface area contributed by atoms with Crippen molar-refractivity contribution < 1.29 is 9.90 Å². The van der Waals surface area contributed by atoms with Gasteiger partial charge in [-0.3, -0.25) is 4.79 Å². The number of aliphatic carboxylic acids is 1. The third-order valence-electron chi connectivity index (χ3n) is 3.13. The molecule has 0 spiro atoms. The molecule has 0 unspecified atom stereocenters. The van der Waals surface area contributed by atoms with Gasteiger partial charge in [0.25, 0.3) is 0 Å². The summed E-state index contributed by atoms with van der Waals surface area (Å²) in [5.74, 6) is -0.658. The lowest BCUT2D eigenvalue weighted by Gasteiger charge is -2.02. The van der Waals surface area contributed by atoms with Crippen LogP contribution in [0.3, 0.4) is 0 Å². The molecule has 17 heavy (non-hydrogen) atoms. The molecular formula is C15H29O2. The fourth-order valence-corrected chi connectivity index (χ4v) is 2.04. The molecule has 101 valence electrons. The van der Waals surface area contributed by atoms with Gasteiger partial charge in [0.05, 0.1) is 0 Å². The number of rotatable bonds is 13. The molecule has 0 aromatic rings. The molecule has 0 saturated heterocycles. The Bertz CT molecular complexity index is 166. The van der Waals surface area contributed by atoms with Crippen molar-refractivity contribution in [1.82, 2.24) is 0 Å². The van der Waals surface area contributed by atoms with Crippen molar-refractivity contribution >= 4 is 5.97 Å². The van der Waals surface area contributed by atoms with Crippen LogP contribution in [0.5, 0.6) is 0 Å². The first kappa shape index (κ1) is 16.5. The van der Waals surface area contributed by atoms with Gasteiger partial charge in [-0.25, -0.2) is 0 Å². The van der Waals surface area contributed by atoms with Crippen LogP contribution in [0, 0.1) is 6.42 Å². The maximum Gasteiger partial charge on any atom is 0.303 e. The summed E-state index contributed by atoms with van der Waals surface area (Å²) >= 11 is 0. The Kier molecular flexibility index (Phi) is 13.1. The Morgan fingerprint density at radius 2 is 1.24 bits per heavy atom. The molecule has 0 aromatic carbocycles. The molecule has 1 radical (unpaired) electrons. The zero-order chi connectivity index (χ0) is 12.8. The second-order valence-corrected chi connectivity index (χ2v) is 4.88. The van der Waals surface area contributed by atoms with Crippen molar-refractivity contribution in [2.75, 3.05) is 0 Å². The minimum absolute atomic E-state index is 0.342. The maximum absolute atomic E-state index is 10.3. The van der Waals surface area contributed by atoms with Crippen molar-refractivity contribution in [1.29, 1.82) is 0 Å². The van der Waals surface area contributed by atoms with Gasteiger partial charge >= 0.3 is 5.97 Å². The van der Waals surface area contributed by atoms with E-state index < -0.39 is 5.97 Å². The first-order valence-corrected chi connectivity index (χ1v) is 7.27. The van der Waals surface area contributed by atoms with Gasteiger partial charge in [0, 0.05) is 6.42 Å². The van der Waals surface area contributed by atoms with Crippen molar-refractivity contribution in [3.63, 3.8) is 0 Å². The number of carboxylic acids is 1. The van der Waals surface area contributed by atoms with Crippen LogP contribution >= 0.6 is 0 Å². The number of carbonyl (C=O) groups is 1. The third-order valence-corrected chi connectivity index (χ3v) is 3.13. The molecule has 2 heteroatoms. The van der Waals surface area contributed by atoms with Crippen LogP contribution in [0.2, 0.25) is 0 Å². The van der Waals surface area contributed by atoms with Gasteiger partial charge in [-0.1, -0.05) is 71.1 Å². The lowest BCUT2D eigenvalue weighted by molar-refractivity contribution is -0.137. The molecule has 0 aliphatic rings. The van der Waals surface area contributed by atoms with Gasteiger partial charge in [0.1, 0.15) is 0 Å². The van der Waals surface area contributed by atoms with Crippen LogP contribution in [0.4, 0.5) is 0 Å². The number of hydrogen-bond acceptors (Lipinski definition) is 1. The summed E-state index contributed by atoms with van der Waals surface area (Å²) in [6.07, 6.45) is 16.4. The molecule has 1 N–H and O–H groups in total. The van der Waals surface area contributed by atoms with Crippen LogP contribution < -0.4 is 0 Å². The Hall–Kier alpha value is -0.530. The molecule has 0 saturated carbocycles. The summed E-state index contributed by atoms with van der Waals surface area (Å²) in [5, 5.41) is 8.47. The van der Waals surface area contributed by atoms with E-state index in [1.54, 1.807) is 0 Å². The van der Waals surface area contributed by atoms with E-state index in [-0.39, 0.29) is 0 Å². The molecule has 0 atom stereocenters. The van der Waals surface area contributed by atoms with E-state index in [9.17, 15) is 4.79 Å². The molecule has 0 aromatic heterocycles. The monoisotopic (exact) mass is 241 g/mol. The van der Waals surface area contributed by atoms with E-state index in [0.717, 1.165) is 12.8 Å². The lowest BCUT2D eigenvalue weighted by atomic mass is 10.0. The highest BCUT2D eigenvalue weighted by atomic mass is 16.4. The van der Waals surface area contributed by atoms with Crippen molar-refractivity contribution in [2.45, 2.75) is 84.0 Å². The van der Waals surface area contributed by atoms with E-state index >= 15 is 0 Å². The zero-order valence-electron chi connectivity index (χ0n) is 11.4. The van der Waals surface area contributed by atoms with E-state index in [1.165, 1.54) is 57.8 Å². The molecular weight excluding hydrogens is 212 g/mol. The summed E-state index contributed by atoms with van der Waals surface area (Å²) in [6.45, 7) is 2.13. The second-order valence-electron chi connectivity index (χ2n) is 4.88. The van der Waals surface area contributed by atoms with Gasteiger partial charge < -0.3 is 5.11 Å². The second kappa shape index (κ2) is 13.5. The first-order valence-electron chi connectivity index (χ1n) is 7.27. The van der Waals surface area contributed by atoms with Gasteiger partial charge in [-0.2, -0.15) is 0 Å². The van der Waals surface area contributed by atoms with Gasteiger partial charge in [-0.15, -0.1) is 0 Å². The topological polar surface area (TPSA) is 37.3 Å². The van der Waals surface area contributed by atoms with Crippen LogP contribution in [0.1, 0.15) is 84.0 Å². The van der Waals surface area contributed by atoms with E-state index in [4.69, 9.17) is 5.11 Å². The molecule has 0 rings (SSSR count). The van der Waals surface area contributed by atoms with Crippen LogP contribution in [-0.2, 0) is 4.79 Å². The van der Waals surface area contributed by atoms with E-state index in [2.05, 4.69) is 13.3 Å². The van der Waals surface area contributed by atoms with Gasteiger partial charge in [-0.05, 0) is 12.8 Å². The van der Waals surface area contributed by atoms with Crippen molar-refractivity contribution in [2.24, 2.45) is 0 Å². The number of hydrogen-bond donors (Lipinski definition) is 1. The standard InChI is InChI=1S/C15H29O2/c1-2-3-4-5-6-7-8-9-10-11-12-13-14-15(16)17/h2H,3-14H2,1H3,(H,16,17). The summed E-state index contributed by atoms with van der Waals surface area (Å²) < 4.78 is 0. The fourth-order valence-electron chi connectivity index (χ4n) is 2.04. The molecule has 0 fully saturated rings. The van der Waals surface area contributed by atoms with E-state index in [0.29, 0.717) is 6.42 Å². The summed E-state index contributed by atoms with van der Waals surface area (Å²) in [6, 6.07) is 0. The fraction of sp³-hybridized carbons (Fsp3) is 0.867. The third kappa shape index (κ3) is 15.5.